The lowest BCUT2D eigenvalue weighted by Gasteiger charge is -2.36. The summed E-state index contributed by atoms with van der Waals surface area (Å²) in [6.07, 6.45) is 4.17. The summed E-state index contributed by atoms with van der Waals surface area (Å²) in [6, 6.07) is 16.5. The molecule has 0 saturated carbocycles. The van der Waals surface area contributed by atoms with Gasteiger partial charge >= 0.3 is 0 Å². The summed E-state index contributed by atoms with van der Waals surface area (Å²) in [4.78, 5) is 21.1. The molecule has 1 amide bonds. The summed E-state index contributed by atoms with van der Waals surface area (Å²) in [5.41, 5.74) is 2.26. The second kappa shape index (κ2) is 7.46. The fourth-order valence-electron chi connectivity index (χ4n) is 3.41. The number of carbonyl (C=O) groups excluding carboxylic acids is 1. The molecule has 1 fully saturated rings. The van der Waals surface area contributed by atoms with E-state index in [1.807, 2.05) is 47.6 Å². The highest BCUT2D eigenvalue weighted by molar-refractivity contribution is 9.10. The standard InChI is InChI=1S/C21H20BrN3O/c22-19-3-1-2-16(12-19)13-21(26)25-10-8-24(9-11-25)20-5-4-18-15-23-7-6-17(18)14-20/h1-7,12,14-15H,8-11,13H2. The van der Waals surface area contributed by atoms with Crippen molar-refractivity contribution in [1.82, 2.24) is 9.88 Å². The minimum Gasteiger partial charge on any atom is -0.368 e. The monoisotopic (exact) mass is 409 g/mol. The fraction of sp³-hybridized carbons (Fsp3) is 0.238. The molecule has 1 aliphatic rings. The summed E-state index contributed by atoms with van der Waals surface area (Å²) in [5.74, 6) is 0.201. The van der Waals surface area contributed by atoms with E-state index in [2.05, 4.69) is 44.0 Å². The lowest BCUT2D eigenvalue weighted by molar-refractivity contribution is -0.130. The minimum absolute atomic E-state index is 0.201. The van der Waals surface area contributed by atoms with Crippen LogP contribution in [0.5, 0.6) is 0 Å². The Morgan fingerprint density at radius 3 is 2.65 bits per heavy atom. The van der Waals surface area contributed by atoms with E-state index >= 15 is 0 Å². The van der Waals surface area contributed by atoms with Crippen LogP contribution in [0.1, 0.15) is 5.56 Å². The first-order valence-corrected chi connectivity index (χ1v) is 9.59. The molecular formula is C21H20BrN3O. The first-order chi connectivity index (χ1) is 12.7. The van der Waals surface area contributed by atoms with Crippen LogP contribution in [-0.4, -0.2) is 42.0 Å². The quantitative estimate of drug-likeness (QED) is 0.658. The lowest BCUT2D eigenvalue weighted by atomic mass is 10.1. The van der Waals surface area contributed by atoms with E-state index < -0.39 is 0 Å². The molecular weight excluding hydrogens is 390 g/mol. The zero-order valence-corrected chi connectivity index (χ0v) is 16.0. The van der Waals surface area contributed by atoms with Gasteiger partial charge < -0.3 is 9.80 Å². The number of piperazine rings is 1. The van der Waals surface area contributed by atoms with E-state index in [1.165, 1.54) is 11.1 Å². The Balaban J connectivity index is 1.39. The fourth-order valence-corrected chi connectivity index (χ4v) is 3.86. The Morgan fingerprint density at radius 2 is 1.85 bits per heavy atom. The lowest BCUT2D eigenvalue weighted by Crippen LogP contribution is -2.49. The van der Waals surface area contributed by atoms with Gasteiger partial charge in [-0.2, -0.15) is 0 Å². The highest BCUT2D eigenvalue weighted by atomic mass is 79.9. The summed E-state index contributed by atoms with van der Waals surface area (Å²) in [5, 5.41) is 2.35. The van der Waals surface area contributed by atoms with Crippen molar-refractivity contribution in [3.63, 3.8) is 0 Å². The molecule has 0 unspecified atom stereocenters. The van der Waals surface area contributed by atoms with Crippen molar-refractivity contribution < 1.29 is 4.79 Å². The summed E-state index contributed by atoms with van der Waals surface area (Å²) >= 11 is 3.46. The van der Waals surface area contributed by atoms with Crippen molar-refractivity contribution in [2.75, 3.05) is 31.1 Å². The number of hydrogen-bond acceptors (Lipinski definition) is 3. The number of aromatic nitrogens is 1. The van der Waals surface area contributed by atoms with E-state index in [-0.39, 0.29) is 5.91 Å². The third-order valence-electron chi connectivity index (χ3n) is 4.87. The number of fused-ring (bicyclic) bond motifs is 1. The molecule has 0 spiro atoms. The number of rotatable bonds is 3. The number of amides is 1. The van der Waals surface area contributed by atoms with Crippen molar-refractivity contribution in [2.24, 2.45) is 0 Å². The van der Waals surface area contributed by atoms with E-state index in [4.69, 9.17) is 0 Å². The second-order valence-electron chi connectivity index (χ2n) is 6.58. The smallest absolute Gasteiger partial charge is 0.227 e. The van der Waals surface area contributed by atoms with Crippen LogP contribution in [0.4, 0.5) is 5.69 Å². The zero-order chi connectivity index (χ0) is 17.9. The molecule has 2 heterocycles. The normalized spacial score (nSPS) is 14.7. The van der Waals surface area contributed by atoms with Crippen molar-refractivity contribution >= 4 is 38.3 Å². The topological polar surface area (TPSA) is 36.4 Å². The van der Waals surface area contributed by atoms with Gasteiger partial charge in [-0.15, -0.1) is 0 Å². The molecule has 1 aromatic heterocycles. The molecule has 132 valence electrons. The predicted molar refractivity (Wildman–Crippen MR) is 108 cm³/mol. The number of anilines is 1. The van der Waals surface area contributed by atoms with E-state index in [0.717, 1.165) is 41.6 Å². The Bertz CT molecular complexity index is 935. The number of hydrogen-bond donors (Lipinski definition) is 0. The van der Waals surface area contributed by atoms with Gasteiger partial charge in [0.1, 0.15) is 0 Å². The molecule has 0 N–H and O–H groups in total. The van der Waals surface area contributed by atoms with Crippen molar-refractivity contribution in [1.29, 1.82) is 0 Å². The van der Waals surface area contributed by atoms with E-state index in [9.17, 15) is 4.79 Å². The molecule has 26 heavy (non-hydrogen) atoms. The Hall–Kier alpha value is -2.40. The van der Waals surface area contributed by atoms with Gasteiger partial charge in [0.05, 0.1) is 6.42 Å². The molecule has 1 saturated heterocycles. The molecule has 5 heteroatoms. The van der Waals surface area contributed by atoms with Crippen LogP contribution < -0.4 is 4.90 Å². The molecule has 1 aliphatic heterocycles. The van der Waals surface area contributed by atoms with Gasteiger partial charge in [-0.25, -0.2) is 0 Å². The third-order valence-corrected chi connectivity index (χ3v) is 5.36. The van der Waals surface area contributed by atoms with Gasteiger partial charge in [-0.3, -0.25) is 9.78 Å². The number of pyridine rings is 1. The van der Waals surface area contributed by atoms with Gasteiger partial charge in [0, 0.05) is 54.1 Å². The van der Waals surface area contributed by atoms with Crippen LogP contribution >= 0.6 is 15.9 Å². The van der Waals surface area contributed by atoms with Gasteiger partial charge in [-0.1, -0.05) is 34.1 Å². The Kier molecular flexibility index (Phi) is 4.89. The zero-order valence-electron chi connectivity index (χ0n) is 14.4. The summed E-state index contributed by atoms with van der Waals surface area (Å²) in [6.45, 7) is 3.25. The van der Waals surface area contributed by atoms with Gasteiger partial charge in [-0.05, 0) is 41.3 Å². The number of benzene rings is 2. The molecule has 0 bridgehead atoms. The molecule has 0 atom stereocenters. The molecule has 4 rings (SSSR count). The van der Waals surface area contributed by atoms with Gasteiger partial charge in [0.15, 0.2) is 0 Å². The maximum atomic E-state index is 12.6. The highest BCUT2D eigenvalue weighted by Crippen LogP contribution is 2.23. The minimum atomic E-state index is 0.201. The van der Waals surface area contributed by atoms with E-state index in [0.29, 0.717) is 6.42 Å². The average molecular weight is 410 g/mol. The van der Waals surface area contributed by atoms with Gasteiger partial charge in [0.2, 0.25) is 5.91 Å². The first kappa shape index (κ1) is 17.0. The van der Waals surface area contributed by atoms with Crippen molar-refractivity contribution in [2.45, 2.75) is 6.42 Å². The van der Waals surface area contributed by atoms with Crippen LogP contribution in [0.25, 0.3) is 10.8 Å². The SMILES string of the molecule is O=C(Cc1cccc(Br)c1)N1CCN(c2ccc3cnccc3c2)CC1. The molecule has 0 radical (unpaired) electrons. The van der Waals surface area contributed by atoms with Crippen LogP contribution in [0.3, 0.4) is 0 Å². The van der Waals surface area contributed by atoms with Crippen LogP contribution in [-0.2, 0) is 11.2 Å². The van der Waals surface area contributed by atoms with E-state index in [1.54, 1.807) is 0 Å². The molecule has 2 aromatic carbocycles. The second-order valence-corrected chi connectivity index (χ2v) is 7.50. The summed E-state index contributed by atoms with van der Waals surface area (Å²) in [7, 11) is 0. The van der Waals surface area contributed by atoms with Crippen molar-refractivity contribution in [3.8, 4) is 0 Å². The summed E-state index contributed by atoms with van der Waals surface area (Å²) < 4.78 is 1.01. The number of nitrogens with zero attached hydrogens (tertiary/aromatic N) is 3. The Labute approximate surface area is 161 Å². The number of halogens is 1. The maximum absolute atomic E-state index is 12.6. The average Bonchev–Trinajstić information content (AvgIpc) is 2.68. The predicted octanol–water partition coefficient (Wildman–Crippen LogP) is 3.89. The molecule has 4 nitrogen and oxygen atoms in total. The molecule has 0 aliphatic carbocycles. The maximum Gasteiger partial charge on any atom is 0.227 e. The van der Waals surface area contributed by atoms with Gasteiger partial charge in [0.25, 0.3) is 0 Å². The highest BCUT2D eigenvalue weighted by Gasteiger charge is 2.21. The number of carbonyl (C=O) groups is 1. The van der Waals surface area contributed by atoms with Crippen LogP contribution in [0.15, 0.2) is 65.4 Å². The van der Waals surface area contributed by atoms with Crippen LogP contribution in [0, 0.1) is 0 Å². The largest absolute Gasteiger partial charge is 0.368 e. The molecule has 3 aromatic rings. The third kappa shape index (κ3) is 3.73. The van der Waals surface area contributed by atoms with Crippen LogP contribution in [0.2, 0.25) is 0 Å². The van der Waals surface area contributed by atoms with Crippen molar-refractivity contribution in [3.05, 3.63) is 71.0 Å². The Morgan fingerprint density at radius 1 is 1.00 bits per heavy atom. The first-order valence-electron chi connectivity index (χ1n) is 8.80.